The minimum Gasteiger partial charge on any atom is -0.465 e. The highest BCUT2D eigenvalue weighted by Gasteiger charge is 2.43. The van der Waals surface area contributed by atoms with Crippen LogP contribution in [0, 0.1) is 6.92 Å². The number of ketones is 2. The molecule has 0 radical (unpaired) electrons. The fourth-order valence-corrected chi connectivity index (χ4v) is 5.96. The molecule has 0 N–H and O–H groups in total. The minimum atomic E-state index is -4.17. The molecule has 8 heteroatoms. The average molecular weight is 499 g/mol. The predicted octanol–water partition coefficient (Wildman–Crippen LogP) is 5.54. The monoisotopic (exact) mass is 498 g/mol. The highest BCUT2D eigenvalue weighted by Crippen LogP contribution is 2.50. The van der Waals surface area contributed by atoms with Gasteiger partial charge in [-0.15, -0.1) is 0 Å². The van der Waals surface area contributed by atoms with Crippen LogP contribution in [-0.2, 0) is 24.4 Å². The quantitative estimate of drug-likeness (QED) is 0.514. The number of halogens is 1. The van der Waals surface area contributed by atoms with E-state index in [1.165, 1.54) is 24.3 Å². The van der Waals surface area contributed by atoms with Gasteiger partial charge in [0, 0.05) is 47.4 Å². The van der Waals surface area contributed by atoms with Gasteiger partial charge in [0.1, 0.15) is 22.2 Å². The summed E-state index contributed by atoms with van der Waals surface area (Å²) in [6, 6.07) is 10.9. The second-order valence-corrected chi connectivity index (χ2v) is 10.8. The first-order valence-electron chi connectivity index (χ1n) is 11.3. The molecule has 2 aromatic rings. The number of carbonyl (C=O) groups is 2. The van der Waals surface area contributed by atoms with Gasteiger partial charge in [0.05, 0.1) is 5.92 Å². The Hall–Kier alpha value is -2.90. The third kappa shape index (κ3) is 4.07. The molecule has 2 aromatic carbocycles. The summed E-state index contributed by atoms with van der Waals surface area (Å²) in [5, 5.41) is 0.345. The summed E-state index contributed by atoms with van der Waals surface area (Å²) in [6.07, 6.45) is 3.19. The molecule has 0 unspecified atom stereocenters. The van der Waals surface area contributed by atoms with Crippen molar-refractivity contribution in [1.29, 1.82) is 0 Å². The zero-order valence-corrected chi connectivity index (χ0v) is 20.2. The molecule has 0 atom stereocenters. The molecule has 2 aliphatic carbocycles. The molecule has 0 saturated carbocycles. The Morgan fingerprint density at radius 3 is 2.06 bits per heavy atom. The first-order chi connectivity index (χ1) is 16.2. The molecule has 5 rings (SSSR count). The number of hydrogen-bond donors (Lipinski definition) is 0. The fraction of sp³-hybridized carbons (Fsp3) is 0.308. The average Bonchev–Trinajstić information content (AvgIpc) is 2.79. The van der Waals surface area contributed by atoms with Crippen molar-refractivity contribution in [2.45, 2.75) is 56.3 Å². The lowest BCUT2D eigenvalue weighted by Gasteiger charge is -2.36. The van der Waals surface area contributed by atoms with Crippen molar-refractivity contribution in [1.82, 2.24) is 0 Å². The van der Waals surface area contributed by atoms with Crippen LogP contribution in [0.3, 0.4) is 0 Å². The van der Waals surface area contributed by atoms with Gasteiger partial charge < -0.3 is 8.92 Å². The van der Waals surface area contributed by atoms with Gasteiger partial charge in [-0.3, -0.25) is 9.59 Å². The standard InChI is InChI=1S/C26H23ClO6S/c1-15-8-11-17(12-9-15)34(30,31)33-21-13-10-16(27)14-18(21)24-25-19(28)4-2-6-22(25)32-23-7-3-5-20(29)26(23)24/h8-14,24H,2-7H2,1H3. The smallest absolute Gasteiger partial charge is 0.339 e. The Kier molecular flexibility index (Phi) is 5.86. The van der Waals surface area contributed by atoms with E-state index >= 15 is 0 Å². The maximum atomic E-state index is 13.1. The lowest BCUT2D eigenvalue weighted by Crippen LogP contribution is -2.30. The molecule has 34 heavy (non-hydrogen) atoms. The van der Waals surface area contributed by atoms with Crippen molar-refractivity contribution in [3.05, 3.63) is 81.3 Å². The Bertz CT molecular complexity index is 1330. The first kappa shape index (κ1) is 22.9. The van der Waals surface area contributed by atoms with Gasteiger partial charge in [-0.2, -0.15) is 8.42 Å². The summed E-state index contributed by atoms with van der Waals surface area (Å²) >= 11 is 6.33. The van der Waals surface area contributed by atoms with Crippen LogP contribution < -0.4 is 4.18 Å². The number of rotatable bonds is 4. The highest BCUT2D eigenvalue weighted by atomic mass is 35.5. The van der Waals surface area contributed by atoms with Crippen LogP contribution >= 0.6 is 11.6 Å². The van der Waals surface area contributed by atoms with Crippen molar-refractivity contribution < 1.29 is 26.9 Å². The number of carbonyl (C=O) groups excluding carboxylic acids is 2. The van der Waals surface area contributed by atoms with E-state index in [1.54, 1.807) is 18.2 Å². The van der Waals surface area contributed by atoms with Crippen molar-refractivity contribution in [3.8, 4) is 5.75 Å². The van der Waals surface area contributed by atoms with Crippen LogP contribution in [0.5, 0.6) is 5.75 Å². The van der Waals surface area contributed by atoms with Gasteiger partial charge >= 0.3 is 10.1 Å². The second-order valence-electron chi connectivity index (χ2n) is 8.79. The van der Waals surface area contributed by atoms with Crippen molar-refractivity contribution in [2.24, 2.45) is 0 Å². The van der Waals surface area contributed by atoms with E-state index < -0.39 is 16.0 Å². The Morgan fingerprint density at radius 2 is 1.47 bits per heavy atom. The summed E-state index contributed by atoms with van der Waals surface area (Å²) < 4.78 is 37.8. The normalized spacial score (nSPS) is 19.0. The SMILES string of the molecule is Cc1ccc(S(=O)(=O)Oc2ccc(Cl)cc2C2C3=C(CCCC3=O)OC3=C2C(=O)CCC3)cc1. The fourth-order valence-electron chi connectivity index (χ4n) is 4.82. The molecule has 176 valence electrons. The number of hydrogen-bond acceptors (Lipinski definition) is 6. The maximum absolute atomic E-state index is 13.1. The number of allylic oxidation sites excluding steroid dienone is 4. The van der Waals surface area contributed by atoms with Gasteiger partial charge in [-0.1, -0.05) is 29.3 Å². The second kappa shape index (κ2) is 8.71. The molecule has 3 aliphatic rings. The Morgan fingerprint density at radius 1 is 0.882 bits per heavy atom. The van der Waals surface area contributed by atoms with Crippen molar-refractivity contribution >= 4 is 33.3 Å². The lowest BCUT2D eigenvalue weighted by atomic mass is 9.73. The molecule has 0 saturated heterocycles. The summed E-state index contributed by atoms with van der Waals surface area (Å²) in [5.41, 5.74) is 2.09. The molecule has 1 heterocycles. The summed E-state index contributed by atoms with van der Waals surface area (Å²) in [5.74, 6) is 0.157. The highest BCUT2D eigenvalue weighted by molar-refractivity contribution is 7.87. The van der Waals surface area contributed by atoms with Crippen LogP contribution in [0.1, 0.15) is 55.6 Å². The summed E-state index contributed by atoms with van der Waals surface area (Å²) in [7, 11) is -4.17. The molecule has 0 aromatic heterocycles. The van der Waals surface area contributed by atoms with Gasteiger partial charge in [-0.25, -0.2) is 0 Å². The molecule has 0 bridgehead atoms. The molecular formula is C26H23ClO6S. The molecule has 0 spiro atoms. The zero-order valence-electron chi connectivity index (χ0n) is 18.6. The molecule has 0 amide bonds. The van der Waals surface area contributed by atoms with Crippen LogP contribution in [0.4, 0.5) is 0 Å². The van der Waals surface area contributed by atoms with Crippen LogP contribution in [-0.4, -0.2) is 20.0 Å². The van der Waals surface area contributed by atoms with Crippen LogP contribution in [0.25, 0.3) is 0 Å². The van der Waals surface area contributed by atoms with E-state index in [1.807, 2.05) is 6.92 Å². The van der Waals surface area contributed by atoms with Gasteiger partial charge in [0.25, 0.3) is 0 Å². The molecule has 6 nitrogen and oxygen atoms in total. The largest absolute Gasteiger partial charge is 0.465 e. The number of Topliss-reactive ketones (excluding diaryl/α,β-unsaturated/α-hetero) is 2. The molecule has 0 fully saturated rings. The van der Waals surface area contributed by atoms with Crippen LogP contribution in [0.15, 0.2) is 70.0 Å². The Labute approximate surface area is 203 Å². The van der Waals surface area contributed by atoms with Crippen molar-refractivity contribution in [3.63, 3.8) is 0 Å². The van der Waals surface area contributed by atoms with Gasteiger partial charge in [-0.05, 0) is 50.1 Å². The minimum absolute atomic E-state index is 0.00766. The van der Waals surface area contributed by atoms with E-state index in [-0.39, 0.29) is 22.2 Å². The topological polar surface area (TPSA) is 86.7 Å². The van der Waals surface area contributed by atoms with Crippen LogP contribution in [0.2, 0.25) is 5.02 Å². The first-order valence-corrected chi connectivity index (χ1v) is 13.0. The third-order valence-corrected chi connectivity index (χ3v) is 7.92. The van der Waals surface area contributed by atoms with E-state index in [4.69, 9.17) is 20.5 Å². The van der Waals surface area contributed by atoms with E-state index in [9.17, 15) is 18.0 Å². The van der Waals surface area contributed by atoms with E-state index in [0.29, 0.717) is 71.8 Å². The number of ether oxygens (including phenoxy) is 1. The number of benzene rings is 2. The van der Waals surface area contributed by atoms with Gasteiger partial charge in [0.15, 0.2) is 11.6 Å². The third-order valence-electron chi connectivity index (χ3n) is 6.43. The van der Waals surface area contributed by atoms with E-state index in [2.05, 4.69) is 0 Å². The summed E-state index contributed by atoms with van der Waals surface area (Å²) in [6.45, 7) is 1.86. The Balaban J connectivity index is 1.67. The summed E-state index contributed by atoms with van der Waals surface area (Å²) in [4.78, 5) is 26.1. The molecule has 1 aliphatic heterocycles. The van der Waals surface area contributed by atoms with Gasteiger partial charge in [0.2, 0.25) is 0 Å². The predicted molar refractivity (Wildman–Crippen MR) is 126 cm³/mol. The number of aryl methyl sites for hydroxylation is 1. The maximum Gasteiger partial charge on any atom is 0.339 e. The molecular weight excluding hydrogens is 476 g/mol. The van der Waals surface area contributed by atoms with Crippen molar-refractivity contribution in [2.75, 3.05) is 0 Å². The van der Waals surface area contributed by atoms with E-state index in [0.717, 1.165) is 5.56 Å². The zero-order chi connectivity index (χ0) is 24.0. The lowest BCUT2D eigenvalue weighted by molar-refractivity contribution is -0.117.